The lowest BCUT2D eigenvalue weighted by Gasteiger charge is -2.15. The zero-order chi connectivity index (χ0) is 40.9. The molecule has 6 N–H and O–H groups in total. The molecule has 27 heteroatoms. The van der Waals surface area contributed by atoms with E-state index in [1.165, 1.54) is 37.3 Å². The highest BCUT2D eigenvalue weighted by atomic mass is 32.3. The van der Waals surface area contributed by atoms with E-state index >= 15 is 0 Å². The normalized spacial score (nSPS) is 12.9. The second-order valence-electron chi connectivity index (χ2n) is 10.5. The molecule has 4 rings (SSSR count). The van der Waals surface area contributed by atoms with Gasteiger partial charge in [0.25, 0.3) is 10.1 Å². The molecular weight excluding hydrogens is 839 g/mol. The number of nitrogens with two attached hydrogens (primary N) is 1. The number of ether oxygens (including phenoxy) is 2. The molecule has 0 heterocycles. The summed E-state index contributed by atoms with van der Waals surface area (Å²) in [7, 11) is -15.8. The molecule has 0 aromatic heterocycles. The third kappa shape index (κ3) is 10.2. The summed E-state index contributed by atoms with van der Waals surface area (Å²) in [6.07, 6.45) is 0. The Bertz CT molecular complexity index is 2620. The van der Waals surface area contributed by atoms with Gasteiger partial charge in [-0.25, -0.2) is 26.3 Å². The van der Waals surface area contributed by atoms with Gasteiger partial charge in [-0.15, -0.1) is 19.7 Å². The van der Waals surface area contributed by atoms with E-state index in [-0.39, 0.29) is 54.9 Å². The molecule has 0 aliphatic heterocycles. The van der Waals surface area contributed by atoms with E-state index in [4.69, 9.17) is 25.0 Å². The maximum Gasteiger partial charge on any atom is 0.397 e. The molecule has 0 aliphatic rings. The fourth-order valence-corrected chi connectivity index (χ4v) is 8.36. The van der Waals surface area contributed by atoms with Gasteiger partial charge in [0.2, 0.25) is 0 Å². The zero-order valence-corrected chi connectivity index (χ0v) is 32.3. The zero-order valence-electron chi connectivity index (χ0n) is 28.2. The summed E-state index contributed by atoms with van der Waals surface area (Å²) in [6, 6.07) is 9.21. The van der Waals surface area contributed by atoms with Gasteiger partial charge < -0.3 is 20.3 Å². The topological polar surface area (TPSA) is 339 Å². The summed E-state index contributed by atoms with van der Waals surface area (Å²) >= 11 is 0.293. The standard InChI is InChI=1S/C28H29N5O17S5/c1-4-52(36,37)17-7-5-16(6-8-17)30-32-26-21(51-50-49-35)11-15-12-23(54(40,41)42)27(25(29)24(15)28(26)34)33-31-18-13-20(47-3)22(14-19(18)46-2)53(38,39)10-9-48-55(43,44)45/h5-8,11-14,34-35H,4,9-10,29H2,1-3H3,(H,40,41,42)(H,43,44,45). The van der Waals surface area contributed by atoms with Crippen molar-refractivity contribution in [3.63, 3.8) is 0 Å². The third-order valence-electron chi connectivity index (χ3n) is 7.23. The molecule has 0 atom stereocenters. The van der Waals surface area contributed by atoms with Crippen LogP contribution in [0, 0.1) is 0 Å². The number of nitrogen functional groups attached to an aromatic ring is 1. The Morgan fingerprint density at radius 2 is 1.42 bits per heavy atom. The molecule has 0 bridgehead atoms. The number of anilines is 1. The average Bonchev–Trinajstić information content (AvgIpc) is 3.11. The summed E-state index contributed by atoms with van der Waals surface area (Å²) in [5, 5.41) is 39.2. The summed E-state index contributed by atoms with van der Waals surface area (Å²) in [5.74, 6) is -2.48. The monoisotopic (exact) mass is 867 g/mol. The predicted molar refractivity (Wildman–Crippen MR) is 192 cm³/mol. The van der Waals surface area contributed by atoms with E-state index in [1.54, 1.807) is 0 Å². The van der Waals surface area contributed by atoms with E-state index in [2.05, 4.69) is 34.0 Å². The number of hydrogen-bond donors (Lipinski definition) is 5. The van der Waals surface area contributed by atoms with Crippen LogP contribution >= 0.6 is 12.0 Å². The second kappa shape index (κ2) is 17.1. The molecule has 0 aliphatic carbocycles. The molecule has 55 heavy (non-hydrogen) atoms. The van der Waals surface area contributed by atoms with Crippen LogP contribution in [0.15, 0.2) is 88.6 Å². The van der Waals surface area contributed by atoms with Crippen molar-refractivity contribution in [2.75, 3.05) is 38.1 Å². The van der Waals surface area contributed by atoms with Gasteiger partial charge in [-0.2, -0.15) is 21.9 Å². The number of sulfone groups is 2. The van der Waals surface area contributed by atoms with Gasteiger partial charge in [0.1, 0.15) is 38.4 Å². The lowest BCUT2D eigenvalue weighted by atomic mass is 10.1. The van der Waals surface area contributed by atoms with E-state index in [0.29, 0.717) is 12.0 Å². The molecule has 4 aromatic carbocycles. The number of rotatable bonds is 17. The number of hydrogen-bond acceptors (Lipinski definition) is 21. The van der Waals surface area contributed by atoms with Gasteiger partial charge in [0, 0.05) is 12.1 Å². The maximum absolute atomic E-state index is 13.0. The molecule has 0 radical (unpaired) electrons. The number of methoxy groups -OCH3 is 2. The number of azo groups is 2. The van der Waals surface area contributed by atoms with Crippen LogP contribution in [0.2, 0.25) is 0 Å². The van der Waals surface area contributed by atoms with Gasteiger partial charge in [-0.05, 0) is 41.8 Å². The van der Waals surface area contributed by atoms with Crippen molar-refractivity contribution in [3.05, 3.63) is 48.5 Å². The summed E-state index contributed by atoms with van der Waals surface area (Å²) in [4.78, 5) is -1.56. The Hall–Kier alpha value is -4.55. The van der Waals surface area contributed by atoms with Gasteiger partial charge in [0.05, 0.1) is 70.9 Å². The highest BCUT2D eigenvalue weighted by Crippen LogP contribution is 2.50. The highest BCUT2D eigenvalue weighted by Gasteiger charge is 2.27. The van der Waals surface area contributed by atoms with Gasteiger partial charge in [-0.3, -0.25) is 9.11 Å². The van der Waals surface area contributed by atoms with Crippen molar-refractivity contribution >= 4 is 91.4 Å². The molecule has 0 spiro atoms. The molecular formula is C28H29N5O17S5. The molecule has 0 amide bonds. The van der Waals surface area contributed by atoms with Crippen LogP contribution in [0.4, 0.5) is 28.4 Å². The Morgan fingerprint density at radius 1 is 0.782 bits per heavy atom. The molecule has 0 fully saturated rings. The summed E-state index contributed by atoms with van der Waals surface area (Å²) in [6.45, 7) is 0.519. The number of nitrogens with zero attached hydrogens (tertiary/aromatic N) is 4. The van der Waals surface area contributed by atoms with Crippen LogP contribution in [0.25, 0.3) is 10.8 Å². The Labute approximate surface area is 317 Å². The lowest BCUT2D eigenvalue weighted by molar-refractivity contribution is -0.432. The van der Waals surface area contributed by atoms with Crippen LogP contribution in [-0.4, -0.2) is 85.5 Å². The largest absolute Gasteiger partial charge is 0.505 e. The number of phenolic OH excluding ortho intramolecular Hbond substituents is 1. The number of aromatic hydroxyl groups is 1. The minimum absolute atomic E-state index is 0.0252. The van der Waals surface area contributed by atoms with Crippen molar-refractivity contribution in [1.82, 2.24) is 0 Å². The molecule has 4 aromatic rings. The molecule has 298 valence electrons. The second-order valence-corrected chi connectivity index (χ2v) is 18.1. The van der Waals surface area contributed by atoms with Crippen LogP contribution in [0.3, 0.4) is 0 Å². The SMILES string of the molecule is CCS(=O)(=O)c1ccc(N=Nc2c(SOOO)cc3cc(S(=O)(=O)O)c(N=Nc4cc(OC)c(S(=O)(=O)CCOS(=O)(=O)O)cc4OC)c(N)c3c2O)cc1. The van der Waals surface area contributed by atoms with E-state index in [0.717, 1.165) is 32.4 Å². The van der Waals surface area contributed by atoms with Crippen molar-refractivity contribution in [2.24, 2.45) is 20.5 Å². The average molecular weight is 868 g/mol. The predicted octanol–water partition coefficient (Wildman–Crippen LogP) is 5.04. The first-order chi connectivity index (χ1) is 25.7. The Balaban J connectivity index is 1.89. The van der Waals surface area contributed by atoms with Crippen molar-refractivity contribution in [3.8, 4) is 17.2 Å². The van der Waals surface area contributed by atoms with E-state index in [1.807, 2.05) is 0 Å². The van der Waals surface area contributed by atoms with Crippen LogP contribution in [-0.2, 0) is 53.7 Å². The van der Waals surface area contributed by atoms with Gasteiger partial charge in [0.15, 0.2) is 25.4 Å². The molecule has 0 saturated carbocycles. The minimum Gasteiger partial charge on any atom is -0.505 e. The summed E-state index contributed by atoms with van der Waals surface area (Å²) in [5.41, 5.74) is 4.50. The van der Waals surface area contributed by atoms with E-state index in [9.17, 15) is 43.3 Å². The van der Waals surface area contributed by atoms with Crippen molar-refractivity contribution in [1.29, 1.82) is 0 Å². The lowest BCUT2D eigenvalue weighted by Crippen LogP contribution is -2.16. The fraction of sp³-hybridized carbons (Fsp3) is 0.214. The highest BCUT2D eigenvalue weighted by molar-refractivity contribution is 7.94. The van der Waals surface area contributed by atoms with E-state index < -0.39 is 79.5 Å². The number of benzene rings is 4. The first-order valence-electron chi connectivity index (χ1n) is 14.7. The Morgan fingerprint density at radius 3 is 1.98 bits per heavy atom. The van der Waals surface area contributed by atoms with Crippen LogP contribution < -0.4 is 15.2 Å². The van der Waals surface area contributed by atoms with Gasteiger partial charge in [-0.1, -0.05) is 12.0 Å². The Kier molecular flexibility index (Phi) is 13.4. The molecule has 0 unspecified atom stereocenters. The minimum atomic E-state index is -5.15. The van der Waals surface area contributed by atoms with Crippen LogP contribution in [0.1, 0.15) is 6.92 Å². The van der Waals surface area contributed by atoms with Crippen molar-refractivity contribution < 1.29 is 76.2 Å². The first kappa shape index (κ1) is 43.2. The number of phenols is 1. The smallest absolute Gasteiger partial charge is 0.397 e. The summed E-state index contributed by atoms with van der Waals surface area (Å²) < 4.78 is 135. The van der Waals surface area contributed by atoms with Crippen LogP contribution in [0.5, 0.6) is 17.2 Å². The first-order valence-corrected chi connectivity index (χ1v) is 21.5. The third-order valence-corrected chi connectivity index (χ3v) is 12.6. The fourth-order valence-electron chi connectivity index (χ4n) is 4.66. The van der Waals surface area contributed by atoms with Gasteiger partial charge >= 0.3 is 10.4 Å². The van der Waals surface area contributed by atoms with Crippen molar-refractivity contribution in [2.45, 2.75) is 26.5 Å². The molecule has 0 saturated heterocycles. The molecule has 22 nitrogen and oxygen atoms in total. The number of fused-ring (bicyclic) bond motifs is 1. The maximum atomic E-state index is 13.0. The quantitative estimate of drug-likeness (QED) is 0.0232.